The first-order valence-corrected chi connectivity index (χ1v) is 5.63. The quantitative estimate of drug-likeness (QED) is 0.707. The Kier molecular flexibility index (Phi) is 4.39. The van der Waals surface area contributed by atoms with Crippen molar-refractivity contribution >= 4 is 11.6 Å². The SMILES string of the molecule is CCC(Cl)C(C)Cc1ncnn1CC. The van der Waals surface area contributed by atoms with Crippen molar-refractivity contribution in [2.45, 2.75) is 45.5 Å². The molecule has 0 N–H and O–H groups in total. The Morgan fingerprint density at radius 2 is 2.21 bits per heavy atom. The number of alkyl halides is 1. The maximum absolute atomic E-state index is 6.17. The Balaban J connectivity index is 2.59. The van der Waals surface area contributed by atoms with Crippen molar-refractivity contribution in [1.29, 1.82) is 0 Å². The van der Waals surface area contributed by atoms with Crippen molar-refractivity contribution in [2.24, 2.45) is 5.92 Å². The number of rotatable bonds is 5. The first-order valence-electron chi connectivity index (χ1n) is 5.19. The van der Waals surface area contributed by atoms with Gasteiger partial charge in [0.15, 0.2) is 0 Å². The van der Waals surface area contributed by atoms with E-state index in [1.54, 1.807) is 6.33 Å². The van der Waals surface area contributed by atoms with Gasteiger partial charge >= 0.3 is 0 Å². The van der Waals surface area contributed by atoms with Crippen LogP contribution in [0.3, 0.4) is 0 Å². The van der Waals surface area contributed by atoms with Crippen LogP contribution in [0.25, 0.3) is 0 Å². The van der Waals surface area contributed by atoms with E-state index in [9.17, 15) is 0 Å². The molecule has 0 aliphatic heterocycles. The van der Waals surface area contributed by atoms with E-state index in [0.717, 1.165) is 25.2 Å². The zero-order valence-electron chi connectivity index (χ0n) is 9.07. The molecule has 4 heteroatoms. The summed E-state index contributed by atoms with van der Waals surface area (Å²) in [4.78, 5) is 4.24. The molecule has 0 bridgehead atoms. The predicted molar refractivity (Wildman–Crippen MR) is 58.5 cm³/mol. The maximum atomic E-state index is 6.17. The van der Waals surface area contributed by atoms with E-state index >= 15 is 0 Å². The number of hydrogen-bond acceptors (Lipinski definition) is 2. The molecule has 0 aliphatic carbocycles. The van der Waals surface area contributed by atoms with Gasteiger partial charge in [-0.1, -0.05) is 13.8 Å². The summed E-state index contributed by atoms with van der Waals surface area (Å²) in [5.74, 6) is 1.50. The first kappa shape index (κ1) is 11.5. The van der Waals surface area contributed by atoms with Gasteiger partial charge < -0.3 is 0 Å². The van der Waals surface area contributed by atoms with Gasteiger partial charge in [0, 0.05) is 18.3 Å². The Hall–Kier alpha value is -0.570. The standard InChI is InChI=1S/C10H18ClN3/c1-4-9(11)8(3)6-10-12-7-13-14(10)5-2/h7-9H,4-6H2,1-3H3. The topological polar surface area (TPSA) is 30.7 Å². The zero-order valence-corrected chi connectivity index (χ0v) is 9.83. The molecule has 2 unspecified atom stereocenters. The molecule has 0 radical (unpaired) electrons. The lowest BCUT2D eigenvalue weighted by Gasteiger charge is -2.15. The van der Waals surface area contributed by atoms with Gasteiger partial charge in [-0.3, -0.25) is 4.68 Å². The molecule has 0 spiro atoms. The zero-order chi connectivity index (χ0) is 10.6. The number of hydrogen-bond donors (Lipinski definition) is 0. The smallest absolute Gasteiger partial charge is 0.138 e. The fourth-order valence-electron chi connectivity index (χ4n) is 1.53. The molecule has 0 fully saturated rings. The molecule has 80 valence electrons. The molecule has 1 aromatic heterocycles. The Morgan fingerprint density at radius 1 is 1.50 bits per heavy atom. The lowest BCUT2D eigenvalue weighted by molar-refractivity contribution is 0.492. The highest BCUT2D eigenvalue weighted by Gasteiger charge is 2.15. The monoisotopic (exact) mass is 215 g/mol. The van der Waals surface area contributed by atoms with E-state index < -0.39 is 0 Å². The molecule has 1 heterocycles. The second kappa shape index (κ2) is 5.35. The van der Waals surface area contributed by atoms with Gasteiger partial charge in [0.2, 0.25) is 0 Å². The summed E-state index contributed by atoms with van der Waals surface area (Å²) in [6.45, 7) is 7.22. The van der Waals surface area contributed by atoms with Crippen LogP contribution in [-0.4, -0.2) is 20.1 Å². The highest BCUT2D eigenvalue weighted by Crippen LogP contribution is 2.17. The van der Waals surface area contributed by atoms with Crippen LogP contribution in [0.5, 0.6) is 0 Å². The second-order valence-electron chi connectivity index (χ2n) is 3.60. The number of halogens is 1. The maximum Gasteiger partial charge on any atom is 0.138 e. The van der Waals surface area contributed by atoms with Crippen LogP contribution < -0.4 is 0 Å². The van der Waals surface area contributed by atoms with E-state index in [4.69, 9.17) is 11.6 Å². The Morgan fingerprint density at radius 3 is 2.79 bits per heavy atom. The van der Waals surface area contributed by atoms with Crippen molar-refractivity contribution < 1.29 is 0 Å². The van der Waals surface area contributed by atoms with Crippen LogP contribution in [0.15, 0.2) is 6.33 Å². The molecule has 3 nitrogen and oxygen atoms in total. The van der Waals surface area contributed by atoms with E-state index in [-0.39, 0.29) is 5.38 Å². The highest BCUT2D eigenvalue weighted by molar-refractivity contribution is 6.20. The summed E-state index contributed by atoms with van der Waals surface area (Å²) >= 11 is 6.17. The fraction of sp³-hybridized carbons (Fsp3) is 0.800. The van der Waals surface area contributed by atoms with Crippen molar-refractivity contribution in [3.05, 3.63) is 12.2 Å². The van der Waals surface area contributed by atoms with Gasteiger partial charge in [-0.2, -0.15) is 5.10 Å². The van der Waals surface area contributed by atoms with Crippen LogP contribution in [0, 0.1) is 5.92 Å². The number of nitrogens with zero attached hydrogens (tertiary/aromatic N) is 3. The Labute approximate surface area is 90.5 Å². The molecular weight excluding hydrogens is 198 g/mol. The third-order valence-corrected chi connectivity index (χ3v) is 3.25. The minimum atomic E-state index is 0.233. The lowest BCUT2D eigenvalue weighted by Crippen LogP contribution is -2.16. The van der Waals surface area contributed by atoms with Crippen LogP contribution >= 0.6 is 11.6 Å². The van der Waals surface area contributed by atoms with Gasteiger partial charge in [0.25, 0.3) is 0 Å². The predicted octanol–water partition coefficient (Wildman–Crippen LogP) is 2.49. The summed E-state index contributed by atoms with van der Waals surface area (Å²) in [5.41, 5.74) is 0. The molecule has 0 saturated carbocycles. The number of aryl methyl sites for hydroxylation is 1. The van der Waals surface area contributed by atoms with Crippen LogP contribution in [0.1, 0.15) is 33.0 Å². The summed E-state index contributed by atoms with van der Waals surface area (Å²) in [6, 6.07) is 0. The highest BCUT2D eigenvalue weighted by atomic mass is 35.5. The van der Waals surface area contributed by atoms with Gasteiger partial charge in [-0.15, -0.1) is 11.6 Å². The van der Waals surface area contributed by atoms with E-state index in [1.165, 1.54) is 0 Å². The molecule has 2 atom stereocenters. The third kappa shape index (κ3) is 2.71. The van der Waals surface area contributed by atoms with Crippen molar-refractivity contribution in [1.82, 2.24) is 14.8 Å². The van der Waals surface area contributed by atoms with E-state index in [1.807, 2.05) is 4.68 Å². The van der Waals surface area contributed by atoms with Crippen LogP contribution in [0.2, 0.25) is 0 Å². The number of aromatic nitrogens is 3. The van der Waals surface area contributed by atoms with Gasteiger partial charge in [-0.25, -0.2) is 4.98 Å². The summed E-state index contributed by atoms with van der Waals surface area (Å²) in [6.07, 6.45) is 3.53. The lowest BCUT2D eigenvalue weighted by atomic mass is 10.0. The van der Waals surface area contributed by atoms with Crippen molar-refractivity contribution in [3.63, 3.8) is 0 Å². The molecule has 0 amide bonds. The van der Waals surface area contributed by atoms with Gasteiger partial charge in [0.05, 0.1) is 0 Å². The minimum absolute atomic E-state index is 0.233. The van der Waals surface area contributed by atoms with Crippen molar-refractivity contribution in [3.8, 4) is 0 Å². The largest absolute Gasteiger partial charge is 0.250 e. The first-order chi connectivity index (χ1) is 6.69. The van der Waals surface area contributed by atoms with Gasteiger partial charge in [0.1, 0.15) is 12.2 Å². The Bertz CT molecular complexity index is 272. The molecular formula is C10H18ClN3. The minimum Gasteiger partial charge on any atom is -0.250 e. The van der Waals surface area contributed by atoms with Crippen LogP contribution in [-0.2, 0) is 13.0 Å². The van der Waals surface area contributed by atoms with Crippen LogP contribution in [0.4, 0.5) is 0 Å². The fourth-order valence-corrected chi connectivity index (χ4v) is 1.62. The van der Waals surface area contributed by atoms with Gasteiger partial charge in [-0.05, 0) is 19.3 Å². The third-order valence-electron chi connectivity index (χ3n) is 2.51. The average Bonchev–Trinajstić information content (AvgIpc) is 2.63. The summed E-state index contributed by atoms with van der Waals surface area (Å²) < 4.78 is 1.93. The molecule has 14 heavy (non-hydrogen) atoms. The molecule has 0 aromatic carbocycles. The summed E-state index contributed by atoms with van der Waals surface area (Å²) in [7, 11) is 0. The van der Waals surface area contributed by atoms with E-state index in [2.05, 4.69) is 30.9 Å². The second-order valence-corrected chi connectivity index (χ2v) is 4.16. The molecule has 0 saturated heterocycles. The molecule has 1 aromatic rings. The molecule has 0 aliphatic rings. The summed E-state index contributed by atoms with van der Waals surface area (Å²) in [5, 5.41) is 4.37. The normalized spacial score (nSPS) is 15.4. The molecule has 1 rings (SSSR count). The average molecular weight is 216 g/mol. The van der Waals surface area contributed by atoms with E-state index in [0.29, 0.717) is 5.92 Å². The van der Waals surface area contributed by atoms with Crippen molar-refractivity contribution in [2.75, 3.05) is 0 Å².